The molecule has 0 unspecified atom stereocenters. The van der Waals surface area contributed by atoms with Gasteiger partial charge in [0.15, 0.2) is 5.82 Å². The third-order valence-electron chi connectivity index (χ3n) is 4.28. The van der Waals surface area contributed by atoms with Gasteiger partial charge in [0.2, 0.25) is 5.95 Å². The van der Waals surface area contributed by atoms with E-state index < -0.39 is 0 Å². The average Bonchev–Trinajstić information content (AvgIpc) is 3.43. The Bertz CT molecular complexity index is 1080. The minimum Gasteiger partial charge on any atom is -0.497 e. The Kier molecular flexibility index (Phi) is 5.62. The number of aromatic nitrogens is 4. The summed E-state index contributed by atoms with van der Waals surface area (Å²) in [5, 5.41) is 9.68. The molecule has 3 aromatic heterocycles. The fourth-order valence-electron chi connectivity index (χ4n) is 2.79. The standard InChI is InChI=1S/C21H19N5O2S/c1-28-17-8-6-15(7-9-17)12-19(27)26-21(23-14-18-5-3-11-29-18)24-20(25-26)16-4-2-10-22-13-16/h2-11,13H,12,14H2,1H3,(H,23,24,25). The maximum absolute atomic E-state index is 13.0. The van der Waals surface area contributed by atoms with Crippen LogP contribution in [0.25, 0.3) is 11.4 Å². The third kappa shape index (κ3) is 4.49. The molecule has 29 heavy (non-hydrogen) atoms. The topological polar surface area (TPSA) is 81.9 Å². The third-order valence-corrected chi connectivity index (χ3v) is 5.15. The number of nitrogens with one attached hydrogen (secondary N) is 1. The van der Waals surface area contributed by atoms with Crippen molar-refractivity contribution < 1.29 is 9.53 Å². The van der Waals surface area contributed by atoms with Gasteiger partial charge >= 0.3 is 0 Å². The molecule has 0 fully saturated rings. The lowest BCUT2D eigenvalue weighted by atomic mass is 10.1. The van der Waals surface area contributed by atoms with E-state index in [0.717, 1.165) is 21.8 Å². The minimum absolute atomic E-state index is 0.175. The molecule has 4 aromatic rings. The second kappa shape index (κ2) is 8.66. The summed E-state index contributed by atoms with van der Waals surface area (Å²) < 4.78 is 6.50. The lowest BCUT2D eigenvalue weighted by Crippen LogP contribution is -2.18. The number of carbonyl (C=O) groups excluding carboxylic acids is 1. The van der Waals surface area contributed by atoms with E-state index in [4.69, 9.17) is 4.74 Å². The Hall–Kier alpha value is -3.52. The highest BCUT2D eigenvalue weighted by molar-refractivity contribution is 7.09. The molecular weight excluding hydrogens is 386 g/mol. The zero-order valence-corrected chi connectivity index (χ0v) is 16.6. The van der Waals surface area contributed by atoms with Crippen LogP contribution in [0.5, 0.6) is 5.75 Å². The Labute approximate surface area is 172 Å². The van der Waals surface area contributed by atoms with Gasteiger partial charge in [-0.1, -0.05) is 18.2 Å². The molecule has 0 aliphatic carbocycles. The molecule has 1 aromatic carbocycles. The lowest BCUT2D eigenvalue weighted by molar-refractivity contribution is 0.0901. The van der Waals surface area contributed by atoms with Crippen LogP contribution >= 0.6 is 11.3 Å². The fraction of sp³-hybridized carbons (Fsp3) is 0.143. The van der Waals surface area contributed by atoms with E-state index in [1.54, 1.807) is 30.8 Å². The first-order valence-corrected chi connectivity index (χ1v) is 9.91. The molecule has 0 bridgehead atoms. The molecule has 0 aliphatic rings. The second-order valence-corrected chi connectivity index (χ2v) is 7.30. The van der Waals surface area contributed by atoms with E-state index in [9.17, 15) is 4.79 Å². The molecular formula is C21H19N5O2S. The number of ether oxygens (including phenoxy) is 1. The maximum Gasteiger partial charge on any atom is 0.254 e. The predicted molar refractivity (Wildman–Crippen MR) is 112 cm³/mol. The van der Waals surface area contributed by atoms with Gasteiger partial charge in [-0.05, 0) is 41.3 Å². The quantitative estimate of drug-likeness (QED) is 0.502. The van der Waals surface area contributed by atoms with Crippen molar-refractivity contribution in [3.05, 3.63) is 76.7 Å². The molecule has 7 nitrogen and oxygen atoms in total. The van der Waals surface area contributed by atoms with Crippen LogP contribution in [0, 0.1) is 0 Å². The first kappa shape index (κ1) is 18.8. The number of rotatable bonds is 7. The van der Waals surface area contributed by atoms with Crippen molar-refractivity contribution in [2.45, 2.75) is 13.0 Å². The molecule has 0 saturated carbocycles. The predicted octanol–water partition coefficient (Wildman–Crippen LogP) is 3.91. The van der Waals surface area contributed by atoms with Crippen LogP contribution in [0.15, 0.2) is 66.3 Å². The van der Waals surface area contributed by atoms with E-state index >= 15 is 0 Å². The van der Waals surface area contributed by atoms with Crippen molar-refractivity contribution in [1.29, 1.82) is 0 Å². The van der Waals surface area contributed by atoms with Gasteiger partial charge in [0, 0.05) is 22.8 Å². The monoisotopic (exact) mass is 405 g/mol. The van der Waals surface area contributed by atoms with Crippen LogP contribution < -0.4 is 10.1 Å². The number of thiophene rings is 1. The zero-order valence-electron chi connectivity index (χ0n) is 15.8. The summed E-state index contributed by atoms with van der Waals surface area (Å²) in [7, 11) is 1.61. The van der Waals surface area contributed by atoms with E-state index in [0.29, 0.717) is 18.3 Å². The number of hydrogen-bond acceptors (Lipinski definition) is 7. The summed E-state index contributed by atoms with van der Waals surface area (Å²) in [4.78, 5) is 22.8. The van der Waals surface area contributed by atoms with Gasteiger partial charge in [-0.15, -0.1) is 16.4 Å². The Morgan fingerprint density at radius 1 is 1.17 bits per heavy atom. The Balaban J connectivity index is 1.60. The van der Waals surface area contributed by atoms with E-state index in [1.807, 2.05) is 53.9 Å². The smallest absolute Gasteiger partial charge is 0.254 e. The molecule has 0 aliphatic heterocycles. The van der Waals surface area contributed by atoms with E-state index in [-0.39, 0.29) is 12.3 Å². The number of methoxy groups -OCH3 is 1. The number of hydrogen-bond donors (Lipinski definition) is 1. The fourth-order valence-corrected chi connectivity index (χ4v) is 3.43. The van der Waals surface area contributed by atoms with Crippen LogP contribution in [0.1, 0.15) is 15.2 Å². The summed E-state index contributed by atoms with van der Waals surface area (Å²) in [6.45, 7) is 0.568. The van der Waals surface area contributed by atoms with Gasteiger partial charge in [-0.3, -0.25) is 9.78 Å². The number of carbonyl (C=O) groups is 1. The van der Waals surface area contributed by atoms with Crippen LogP contribution in [0.2, 0.25) is 0 Å². The van der Waals surface area contributed by atoms with Gasteiger partial charge in [-0.25, -0.2) is 0 Å². The van der Waals surface area contributed by atoms with Crippen molar-refractivity contribution in [3.8, 4) is 17.1 Å². The summed E-state index contributed by atoms with van der Waals surface area (Å²) in [5.41, 5.74) is 1.63. The van der Waals surface area contributed by atoms with Gasteiger partial charge in [-0.2, -0.15) is 9.67 Å². The largest absolute Gasteiger partial charge is 0.497 e. The van der Waals surface area contributed by atoms with Gasteiger partial charge < -0.3 is 10.1 Å². The van der Waals surface area contributed by atoms with E-state index in [2.05, 4.69) is 20.4 Å². The molecule has 146 valence electrons. The Morgan fingerprint density at radius 3 is 2.72 bits per heavy atom. The summed E-state index contributed by atoms with van der Waals surface area (Å²) >= 11 is 1.64. The van der Waals surface area contributed by atoms with Crippen molar-refractivity contribution in [2.24, 2.45) is 0 Å². The summed E-state index contributed by atoms with van der Waals surface area (Å²) in [6, 6.07) is 15.1. The van der Waals surface area contributed by atoms with Crippen molar-refractivity contribution in [1.82, 2.24) is 19.7 Å². The van der Waals surface area contributed by atoms with E-state index in [1.165, 1.54) is 4.68 Å². The molecule has 1 N–H and O–H groups in total. The van der Waals surface area contributed by atoms with Gasteiger partial charge in [0.05, 0.1) is 20.1 Å². The molecule has 0 saturated heterocycles. The van der Waals surface area contributed by atoms with Crippen molar-refractivity contribution in [2.75, 3.05) is 12.4 Å². The zero-order chi connectivity index (χ0) is 20.1. The van der Waals surface area contributed by atoms with Crippen molar-refractivity contribution >= 4 is 23.2 Å². The molecule has 8 heteroatoms. The van der Waals surface area contributed by atoms with Gasteiger partial charge in [0.25, 0.3) is 5.91 Å². The van der Waals surface area contributed by atoms with Gasteiger partial charge in [0.1, 0.15) is 5.75 Å². The molecule has 0 atom stereocenters. The van der Waals surface area contributed by atoms with Crippen LogP contribution in [-0.2, 0) is 13.0 Å². The average molecular weight is 405 g/mol. The number of benzene rings is 1. The van der Waals surface area contributed by atoms with Crippen molar-refractivity contribution in [3.63, 3.8) is 0 Å². The molecule has 0 amide bonds. The maximum atomic E-state index is 13.0. The molecule has 3 heterocycles. The number of nitrogens with zero attached hydrogens (tertiary/aromatic N) is 4. The normalized spacial score (nSPS) is 10.7. The van der Waals surface area contributed by atoms with Crippen LogP contribution in [-0.4, -0.2) is 32.8 Å². The molecule has 4 rings (SSSR count). The highest BCUT2D eigenvalue weighted by atomic mass is 32.1. The summed E-state index contributed by atoms with van der Waals surface area (Å²) in [6.07, 6.45) is 3.56. The van der Waals surface area contributed by atoms with Crippen LogP contribution in [0.4, 0.5) is 5.95 Å². The Morgan fingerprint density at radius 2 is 2.03 bits per heavy atom. The first-order valence-electron chi connectivity index (χ1n) is 9.03. The highest BCUT2D eigenvalue weighted by Crippen LogP contribution is 2.19. The SMILES string of the molecule is COc1ccc(CC(=O)n2nc(-c3cccnc3)nc2NCc2cccs2)cc1. The first-order chi connectivity index (χ1) is 14.2. The van der Waals surface area contributed by atoms with Crippen LogP contribution in [0.3, 0.4) is 0 Å². The molecule has 0 spiro atoms. The number of anilines is 1. The highest BCUT2D eigenvalue weighted by Gasteiger charge is 2.18. The number of pyridine rings is 1. The molecule has 0 radical (unpaired) electrons. The lowest BCUT2D eigenvalue weighted by Gasteiger charge is -2.07. The minimum atomic E-state index is -0.175. The second-order valence-electron chi connectivity index (χ2n) is 6.26. The summed E-state index contributed by atoms with van der Waals surface area (Å²) in [5.74, 6) is 1.44.